The number of hydrogen-bond donors (Lipinski definition) is 1. The van der Waals surface area contributed by atoms with Crippen molar-refractivity contribution in [1.29, 1.82) is 0 Å². The third-order valence-corrected chi connectivity index (χ3v) is 4.14. The first-order valence-electron chi connectivity index (χ1n) is 8.80. The fourth-order valence-corrected chi connectivity index (χ4v) is 2.74. The third-order valence-electron chi connectivity index (χ3n) is 4.14. The summed E-state index contributed by atoms with van der Waals surface area (Å²) in [5, 5.41) is 3.20. The van der Waals surface area contributed by atoms with Crippen LogP contribution in [-0.2, 0) is 19.1 Å². The average molecular weight is 389 g/mol. The number of para-hydroxylation sites is 1. The Morgan fingerprint density at radius 3 is 2.36 bits per heavy atom. The van der Waals surface area contributed by atoms with E-state index in [9.17, 15) is 17.6 Å². The molecule has 0 saturated carbocycles. The summed E-state index contributed by atoms with van der Waals surface area (Å²) in [6.45, 7) is 1.05. The second kappa shape index (κ2) is 8.89. The van der Waals surface area contributed by atoms with E-state index < -0.39 is 17.6 Å². The lowest BCUT2D eigenvalue weighted by Gasteiger charge is -2.10. The highest BCUT2D eigenvalue weighted by molar-refractivity contribution is 5.34. The average Bonchev–Trinajstić information content (AvgIpc) is 2.67. The Kier molecular flexibility index (Phi) is 6.31. The van der Waals surface area contributed by atoms with Crippen LogP contribution in [0, 0.1) is 5.82 Å². The molecule has 2 nitrogen and oxygen atoms in total. The second-order valence-corrected chi connectivity index (χ2v) is 6.30. The first-order chi connectivity index (χ1) is 13.4. The van der Waals surface area contributed by atoms with Crippen molar-refractivity contribution in [2.75, 3.05) is 6.54 Å². The maximum atomic E-state index is 13.7. The first kappa shape index (κ1) is 19.9. The molecule has 0 amide bonds. The zero-order chi connectivity index (χ0) is 20.0. The van der Waals surface area contributed by atoms with Crippen molar-refractivity contribution in [2.45, 2.75) is 19.1 Å². The molecule has 0 spiro atoms. The molecule has 0 heterocycles. The fourth-order valence-electron chi connectivity index (χ4n) is 2.74. The first-order valence-corrected chi connectivity index (χ1v) is 8.80. The summed E-state index contributed by atoms with van der Waals surface area (Å²) in [6.07, 6.45) is -3.85. The summed E-state index contributed by atoms with van der Waals surface area (Å²) in [7, 11) is 0. The lowest BCUT2D eigenvalue weighted by Crippen LogP contribution is -2.17. The Balaban J connectivity index is 1.52. The van der Waals surface area contributed by atoms with Gasteiger partial charge >= 0.3 is 6.18 Å². The van der Waals surface area contributed by atoms with Gasteiger partial charge in [0, 0.05) is 6.54 Å². The summed E-state index contributed by atoms with van der Waals surface area (Å²) in [6, 6.07) is 18.7. The molecule has 0 bridgehead atoms. The van der Waals surface area contributed by atoms with Gasteiger partial charge < -0.3 is 10.1 Å². The summed E-state index contributed by atoms with van der Waals surface area (Å²) < 4.78 is 57.5. The van der Waals surface area contributed by atoms with E-state index in [-0.39, 0.29) is 5.75 Å². The zero-order valence-corrected chi connectivity index (χ0v) is 15.0. The van der Waals surface area contributed by atoms with E-state index in [1.807, 2.05) is 6.07 Å². The summed E-state index contributed by atoms with van der Waals surface area (Å²) >= 11 is 0. The molecule has 0 atom stereocenters. The largest absolute Gasteiger partial charge is 0.454 e. The molecule has 28 heavy (non-hydrogen) atoms. The van der Waals surface area contributed by atoms with Crippen molar-refractivity contribution < 1.29 is 22.3 Å². The van der Waals surface area contributed by atoms with Crippen molar-refractivity contribution in [2.24, 2.45) is 0 Å². The Morgan fingerprint density at radius 1 is 0.821 bits per heavy atom. The molecular formula is C22H19F4NO. The van der Waals surface area contributed by atoms with Crippen LogP contribution in [0.2, 0.25) is 0 Å². The molecule has 6 heteroatoms. The van der Waals surface area contributed by atoms with Crippen molar-refractivity contribution in [3.8, 4) is 11.5 Å². The van der Waals surface area contributed by atoms with E-state index >= 15 is 0 Å². The van der Waals surface area contributed by atoms with Gasteiger partial charge in [0.25, 0.3) is 0 Å². The molecule has 0 radical (unpaired) electrons. The van der Waals surface area contributed by atoms with Crippen LogP contribution in [0.1, 0.15) is 16.7 Å². The van der Waals surface area contributed by atoms with Crippen LogP contribution in [0.15, 0.2) is 72.8 Å². The van der Waals surface area contributed by atoms with Crippen molar-refractivity contribution in [3.63, 3.8) is 0 Å². The van der Waals surface area contributed by atoms with Crippen LogP contribution in [-0.4, -0.2) is 6.54 Å². The highest BCUT2D eigenvalue weighted by Gasteiger charge is 2.30. The van der Waals surface area contributed by atoms with E-state index in [1.54, 1.807) is 42.5 Å². The lowest BCUT2D eigenvalue weighted by atomic mass is 10.1. The molecule has 1 N–H and O–H groups in total. The third kappa shape index (κ3) is 5.57. The zero-order valence-electron chi connectivity index (χ0n) is 15.0. The number of ether oxygens (including phenoxy) is 1. The molecule has 3 aromatic carbocycles. The Morgan fingerprint density at radius 2 is 1.57 bits per heavy atom. The van der Waals surface area contributed by atoms with Crippen molar-refractivity contribution in [3.05, 3.63) is 95.3 Å². The molecular weight excluding hydrogens is 370 g/mol. The molecule has 0 unspecified atom stereocenters. The summed E-state index contributed by atoms with van der Waals surface area (Å²) in [5.74, 6) is 0.228. The van der Waals surface area contributed by atoms with Crippen LogP contribution in [0.4, 0.5) is 17.6 Å². The molecule has 0 aliphatic heterocycles. The van der Waals surface area contributed by atoms with Gasteiger partial charge in [0.1, 0.15) is 5.75 Å². The Labute approximate surface area is 160 Å². The minimum absolute atomic E-state index is 0.150. The van der Waals surface area contributed by atoms with Gasteiger partial charge in [-0.3, -0.25) is 0 Å². The molecule has 0 aliphatic carbocycles. The quantitative estimate of drug-likeness (QED) is 0.397. The van der Waals surface area contributed by atoms with Gasteiger partial charge in [0.2, 0.25) is 0 Å². The normalized spacial score (nSPS) is 11.4. The minimum Gasteiger partial charge on any atom is -0.454 e. The number of halogens is 4. The van der Waals surface area contributed by atoms with E-state index in [1.165, 1.54) is 18.2 Å². The van der Waals surface area contributed by atoms with Gasteiger partial charge in [-0.05, 0) is 54.4 Å². The van der Waals surface area contributed by atoms with Crippen LogP contribution in [0.5, 0.6) is 11.5 Å². The van der Waals surface area contributed by atoms with Crippen LogP contribution in [0.25, 0.3) is 0 Å². The molecule has 0 fully saturated rings. The monoisotopic (exact) mass is 389 g/mol. The minimum atomic E-state index is -4.33. The molecule has 146 valence electrons. The van der Waals surface area contributed by atoms with Crippen molar-refractivity contribution in [1.82, 2.24) is 5.32 Å². The highest BCUT2D eigenvalue weighted by Crippen LogP contribution is 2.29. The Hall–Kier alpha value is -2.86. The van der Waals surface area contributed by atoms with Gasteiger partial charge in [-0.15, -0.1) is 0 Å². The van der Waals surface area contributed by atoms with Gasteiger partial charge in [-0.1, -0.05) is 42.5 Å². The Bertz CT molecular complexity index is 924. The highest BCUT2D eigenvalue weighted by atomic mass is 19.4. The van der Waals surface area contributed by atoms with Crippen LogP contribution in [0.3, 0.4) is 0 Å². The molecule has 0 saturated heterocycles. The van der Waals surface area contributed by atoms with E-state index in [4.69, 9.17) is 4.74 Å². The maximum Gasteiger partial charge on any atom is 0.416 e. The predicted molar refractivity (Wildman–Crippen MR) is 99.8 cm³/mol. The topological polar surface area (TPSA) is 21.3 Å². The number of benzene rings is 3. The van der Waals surface area contributed by atoms with Gasteiger partial charge in [0.05, 0.1) is 5.56 Å². The summed E-state index contributed by atoms with van der Waals surface area (Å²) in [5.41, 5.74) is 0.917. The van der Waals surface area contributed by atoms with Crippen LogP contribution >= 0.6 is 0 Å². The second-order valence-electron chi connectivity index (χ2n) is 6.30. The molecule has 3 rings (SSSR count). The molecule has 0 aromatic heterocycles. The number of hydrogen-bond acceptors (Lipinski definition) is 2. The maximum absolute atomic E-state index is 13.7. The number of rotatable bonds is 7. The number of nitrogens with one attached hydrogen (secondary N) is 1. The molecule has 0 aliphatic rings. The standard InChI is InChI=1S/C22H19F4NO/c23-20-9-1-2-10-21(20)28-19-8-4-6-17(14-19)15-27-12-11-16-5-3-7-18(13-16)22(24,25)26/h1-10,13-14,27H,11-12,15H2. The predicted octanol–water partition coefficient (Wildman–Crippen LogP) is 5.97. The van der Waals surface area contributed by atoms with E-state index in [0.717, 1.165) is 11.6 Å². The molecule has 3 aromatic rings. The van der Waals surface area contributed by atoms with Crippen molar-refractivity contribution >= 4 is 0 Å². The summed E-state index contributed by atoms with van der Waals surface area (Å²) in [4.78, 5) is 0. The van der Waals surface area contributed by atoms with Gasteiger partial charge in [0.15, 0.2) is 11.6 Å². The van der Waals surface area contributed by atoms with E-state index in [0.29, 0.717) is 30.8 Å². The smallest absolute Gasteiger partial charge is 0.416 e. The fraction of sp³-hybridized carbons (Fsp3) is 0.182. The van der Waals surface area contributed by atoms with Gasteiger partial charge in [-0.25, -0.2) is 4.39 Å². The van der Waals surface area contributed by atoms with E-state index in [2.05, 4.69) is 5.32 Å². The van der Waals surface area contributed by atoms with Gasteiger partial charge in [-0.2, -0.15) is 13.2 Å². The SMILES string of the molecule is Fc1ccccc1Oc1cccc(CNCCc2cccc(C(F)(F)F)c2)c1. The lowest BCUT2D eigenvalue weighted by molar-refractivity contribution is -0.137. The van der Waals surface area contributed by atoms with Crippen LogP contribution < -0.4 is 10.1 Å². The number of alkyl halides is 3.